The number of nitrogens with one attached hydrogen (secondary N) is 1. The number of nitrogens with zero attached hydrogens (tertiary/aromatic N) is 2. The predicted molar refractivity (Wildman–Crippen MR) is 118 cm³/mol. The molecular weight excluding hydrogens is 479 g/mol. The van der Waals surface area contributed by atoms with Gasteiger partial charge in [-0.3, -0.25) is 4.79 Å². The molecule has 1 amide bonds. The molecule has 0 bridgehead atoms. The molecule has 1 heterocycles. The lowest BCUT2D eigenvalue weighted by atomic mass is 9.89. The quantitative estimate of drug-likeness (QED) is 0.561. The van der Waals surface area contributed by atoms with Gasteiger partial charge in [-0.15, -0.1) is 0 Å². The largest absolute Gasteiger partial charge is 0.416 e. The fourth-order valence-electron chi connectivity index (χ4n) is 3.44. The Kier molecular flexibility index (Phi) is 6.24. The molecule has 3 rings (SSSR count). The molecule has 158 valence electrons. The van der Waals surface area contributed by atoms with Crippen molar-refractivity contribution in [2.45, 2.75) is 19.1 Å². The van der Waals surface area contributed by atoms with Crippen molar-refractivity contribution < 1.29 is 18.0 Å². The number of halogens is 4. The summed E-state index contributed by atoms with van der Waals surface area (Å²) in [5.41, 5.74) is 0.409. The van der Waals surface area contributed by atoms with E-state index in [0.717, 1.165) is 10.5 Å². The van der Waals surface area contributed by atoms with E-state index in [-0.39, 0.29) is 11.1 Å². The van der Waals surface area contributed by atoms with Gasteiger partial charge in [0.25, 0.3) is 5.91 Å². The zero-order valence-electron chi connectivity index (χ0n) is 16.4. The van der Waals surface area contributed by atoms with Crippen LogP contribution in [-0.4, -0.2) is 34.9 Å². The van der Waals surface area contributed by atoms with Crippen LogP contribution in [0.5, 0.6) is 0 Å². The third kappa shape index (κ3) is 4.22. The monoisotopic (exact) mass is 497 g/mol. The predicted octanol–water partition coefficient (Wildman–Crippen LogP) is 5.58. The number of alkyl halides is 3. The molecule has 0 saturated heterocycles. The van der Waals surface area contributed by atoms with Gasteiger partial charge < -0.3 is 15.1 Å². The Morgan fingerprint density at radius 3 is 2.30 bits per heavy atom. The van der Waals surface area contributed by atoms with Crippen LogP contribution < -0.4 is 5.32 Å². The van der Waals surface area contributed by atoms with E-state index in [1.807, 2.05) is 0 Å². The Morgan fingerprint density at radius 2 is 1.70 bits per heavy atom. The van der Waals surface area contributed by atoms with Gasteiger partial charge in [-0.2, -0.15) is 13.2 Å². The van der Waals surface area contributed by atoms with Crippen molar-refractivity contribution in [2.75, 3.05) is 19.4 Å². The Morgan fingerprint density at radius 1 is 1.10 bits per heavy atom. The van der Waals surface area contributed by atoms with Gasteiger partial charge in [0.05, 0.1) is 17.2 Å². The second-order valence-electron chi connectivity index (χ2n) is 6.90. The summed E-state index contributed by atoms with van der Waals surface area (Å²) >= 11 is 8.76. The summed E-state index contributed by atoms with van der Waals surface area (Å²) in [6.45, 7) is 1.68. The normalized spacial score (nSPS) is 17.4. The molecule has 0 saturated carbocycles. The number of allylic oxidation sites excluding steroid dienone is 1. The number of anilines is 1. The van der Waals surface area contributed by atoms with Crippen LogP contribution >= 0.6 is 28.1 Å². The minimum absolute atomic E-state index is 0.0248. The van der Waals surface area contributed by atoms with Crippen molar-refractivity contribution in [1.82, 2.24) is 9.80 Å². The number of thiocarbonyl (C=S) groups is 1. The van der Waals surface area contributed by atoms with Crippen LogP contribution in [0.3, 0.4) is 0 Å². The third-order valence-electron chi connectivity index (χ3n) is 5.05. The first-order chi connectivity index (χ1) is 14.0. The highest BCUT2D eigenvalue weighted by Crippen LogP contribution is 2.42. The zero-order valence-corrected chi connectivity index (χ0v) is 18.8. The SMILES string of the molecule is CC1=C(C(=O)Nc2ccc(Br)cc2)[C@H](c2ccccc2C(F)(F)F)N(C)C(=S)N1C. The van der Waals surface area contributed by atoms with Crippen molar-refractivity contribution in [2.24, 2.45) is 0 Å². The van der Waals surface area contributed by atoms with Crippen molar-refractivity contribution in [3.8, 4) is 0 Å². The maximum absolute atomic E-state index is 13.7. The van der Waals surface area contributed by atoms with Gasteiger partial charge in [-0.25, -0.2) is 0 Å². The van der Waals surface area contributed by atoms with Crippen LogP contribution in [0, 0.1) is 0 Å². The highest BCUT2D eigenvalue weighted by Gasteiger charge is 2.42. The van der Waals surface area contributed by atoms with E-state index in [1.54, 1.807) is 50.2 Å². The number of likely N-dealkylation sites (N-methyl/N-ethyl adjacent to an activating group) is 1. The van der Waals surface area contributed by atoms with E-state index >= 15 is 0 Å². The molecule has 0 aromatic heterocycles. The smallest absolute Gasteiger partial charge is 0.340 e. The number of benzene rings is 2. The molecule has 30 heavy (non-hydrogen) atoms. The summed E-state index contributed by atoms with van der Waals surface area (Å²) in [6.07, 6.45) is -4.57. The molecule has 2 aromatic rings. The number of rotatable bonds is 3. The lowest BCUT2D eigenvalue weighted by Gasteiger charge is -2.42. The average Bonchev–Trinajstić information content (AvgIpc) is 2.70. The van der Waals surface area contributed by atoms with Crippen molar-refractivity contribution >= 4 is 44.9 Å². The number of carbonyl (C=O) groups is 1. The van der Waals surface area contributed by atoms with Crippen molar-refractivity contribution in [3.05, 3.63) is 75.4 Å². The van der Waals surface area contributed by atoms with Gasteiger partial charge in [0, 0.05) is 30.0 Å². The van der Waals surface area contributed by atoms with Crippen LogP contribution in [0.25, 0.3) is 0 Å². The number of hydrogen-bond donors (Lipinski definition) is 1. The van der Waals surface area contributed by atoms with Gasteiger partial charge in [0.15, 0.2) is 5.11 Å². The standard InChI is InChI=1S/C21H19BrF3N3OS/c1-12-17(19(29)26-14-10-8-13(22)9-11-14)18(28(3)20(30)27(12)2)15-6-4-5-7-16(15)21(23,24)25/h4-11,18H,1-3H3,(H,26,29)/t18-/m0/s1. The Bertz CT molecular complexity index is 1020. The summed E-state index contributed by atoms with van der Waals surface area (Å²) < 4.78 is 42.0. The van der Waals surface area contributed by atoms with Crippen LogP contribution in [-0.2, 0) is 11.0 Å². The molecule has 0 spiro atoms. The van der Waals surface area contributed by atoms with Crippen LogP contribution in [0.2, 0.25) is 0 Å². The zero-order chi connectivity index (χ0) is 22.2. The van der Waals surface area contributed by atoms with E-state index in [9.17, 15) is 18.0 Å². The number of amides is 1. The molecule has 2 aromatic carbocycles. The first-order valence-corrected chi connectivity index (χ1v) is 10.2. The molecule has 1 aliphatic rings. The Hall–Kier alpha value is -2.39. The molecule has 1 atom stereocenters. The van der Waals surface area contributed by atoms with Crippen molar-refractivity contribution in [3.63, 3.8) is 0 Å². The average molecular weight is 498 g/mol. The van der Waals surface area contributed by atoms with E-state index < -0.39 is 23.7 Å². The van der Waals surface area contributed by atoms with Gasteiger partial charge >= 0.3 is 6.18 Å². The summed E-state index contributed by atoms with van der Waals surface area (Å²) in [6, 6.07) is 11.2. The highest BCUT2D eigenvalue weighted by atomic mass is 79.9. The van der Waals surface area contributed by atoms with Gasteiger partial charge in [0.1, 0.15) is 0 Å². The Labute approximate surface area is 186 Å². The molecule has 0 unspecified atom stereocenters. The minimum Gasteiger partial charge on any atom is -0.340 e. The summed E-state index contributed by atoms with van der Waals surface area (Å²) in [4.78, 5) is 16.4. The fraction of sp³-hybridized carbons (Fsp3) is 0.238. The summed E-state index contributed by atoms with van der Waals surface area (Å²) in [7, 11) is 3.28. The summed E-state index contributed by atoms with van der Waals surface area (Å²) in [5, 5.41) is 3.12. The molecule has 1 aliphatic heterocycles. The molecule has 9 heteroatoms. The lowest BCUT2D eigenvalue weighted by molar-refractivity contribution is -0.138. The van der Waals surface area contributed by atoms with Gasteiger partial charge in [-0.1, -0.05) is 34.1 Å². The first kappa shape index (κ1) is 22.3. The lowest BCUT2D eigenvalue weighted by Crippen LogP contribution is -2.48. The van der Waals surface area contributed by atoms with E-state index in [0.29, 0.717) is 16.5 Å². The molecule has 0 fully saturated rings. The second kappa shape index (κ2) is 8.39. The second-order valence-corrected chi connectivity index (χ2v) is 8.18. The summed E-state index contributed by atoms with van der Waals surface area (Å²) in [5.74, 6) is -0.488. The Balaban J connectivity index is 2.13. The van der Waals surface area contributed by atoms with Crippen LogP contribution in [0.1, 0.15) is 24.1 Å². The molecule has 0 aliphatic carbocycles. The highest BCUT2D eigenvalue weighted by molar-refractivity contribution is 9.10. The molecular formula is C21H19BrF3N3OS. The molecule has 1 N–H and O–H groups in total. The third-order valence-corrected chi connectivity index (χ3v) is 6.14. The fourth-order valence-corrected chi connectivity index (χ4v) is 3.95. The van der Waals surface area contributed by atoms with E-state index in [1.165, 1.54) is 23.1 Å². The molecule has 4 nitrogen and oxygen atoms in total. The topological polar surface area (TPSA) is 35.6 Å². The van der Waals surface area contributed by atoms with Crippen LogP contribution in [0.4, 0.5) is 18.9 Å². The number of carbonyl (C=O) groups excluding carboxylic acids is 1. The van der Waals surface area contributed by atoms with E-state index in [2.05, 4.69) is 21.2 Å². The number of hydrogen-bond acceptors (Lipinski definition) is 2. The van der Waals surface area contributed by atoms with Gasteiger partial charge in [-0.05, 0) is 55.0 Å². The van der Waals surface area contributed by atoms with E-state index in [4.69, 9.17) is 12.2 Å². The van der Waals surface area contributed by atoms with Crippen molar-refractivity contribution in [1.29, 1.82) is 0 Å². The molecule has 0 radical (unpaired) electrons. The maximum Gasteiger partial charge on any atom is 0.416 e. The first-order valence-electron chi connectivity index (χ1n) is 8.96. The maximum atomic E-state index is 13.7. The van der Waals surface area contributed by atoms with Gasteiger partial charge in [0.2, 0.25) is 0 Å². The van der Waals surface area contributed by atoms with Crippen LogP contribution in [0.15, 0.2) is 64.3 Å². The minimum atomic E-state index is -4.57.